The van der Waals surface area contributed by atoms with Gasteiger partial charge in [-0.15, -0.1) is 0 Å². The van der Waals surface area contributed by atoms with Crippen molar-refractivity contribution in [1.29, 1.82) is 0 Å². The quantitative estimate of drug-likeness (QED) is 0.714. The molecule has 2 aliphatic rings. The molecule has 5 heteroatoms. The number of hydrogen-bond acceptors (Lipinski definition) is 5. The van der Waals surface area contributed by atoms with Gasteiger partial charge in [0.1, 0.15) is 5.75 Å². The third kappa shape index (κ3) is 3.90. The summed E-state index contributed by atoms with van der Waals surface area (Å²) in [6.45, 7) is 4.31. The maximum absolute atomic E-state index is 13.1. The Bertz CT molecular complexity index is 885. The van der Waals surface area contributed by atoms with Crippen molar-refractivity contribution in [2.24, 2.45) is 5.41 Å². The van der Waals surface area contributed by atoms with Crippen molar-refractivity contribution in [3.05, 3.63) is 65.4 Å². The third-order valence-electron chi connectivity index (χ3n) is 5.17. The summed E-state index contributed by atoms with van der Waals surface area (Å²) in [5.41, 5.74) is 4.93. The number of aliphatic hydroxyl groups is 1. The number of benzene rings is 2. The fraction of sp³-hybridized carbons (Fsp3) is 0.348. The van der Waals surface area contributed by atoms with Gasteiger partial charge in [-0.25, -0.2) is 0 Å². The number of para-hydroxylation sites is 2. The standard InChI is InChI=1S/C22H24N2O2.CH4O/c1-22(2)12-18-20(19(25)13-22)21(14-8-10-15(26-3)11-9-14)24-17-7-5-4-6-16(17)23-18;1-2/h4-11,21,23-24H,12-13H2,1-3H3;2H,1H3. The summed E-state index contributed by atoms with van der Waals surface area (Å²) in [4.78, 5) is 13.1. The number of methoxy groups -OCH3 is 1. The first-order valence-electron chi connectivity index (χ1n) is 9.44. The summed E-state index contributed by atoms with van der Waals surface area (Å²) >= 11 is 0. The second-order valence-corrected chi connectivity index (χ2v) is 7.85. The summed E-state index contributed by atoms with van der Waals surface area (Å²) in [5.74, 6) is 1.02. The Morgan fingerprint density at radius 3 is 2.29 bits per heavy atom. The lowest BCUT2D eigenvalue weighted by Crippen LogP contribution is -2.31. The van der Waals surface area contributed by atoms with Crippen molar-refractivity contribution >= 4 is 17.2 Å². The van der Waals surface area contributed by atoms with Crippen molar-refractivity contribution in [3.63, 3.8) is 0 Å². The topological polar surface area (TPSA) is 70.6 Å². The molecule has 1 heterocycles. The molecular formula is C23H28N2O3. The van der Waals surface area contributed by atoms with Crippen LogP contribution < -0.4 is 15.4 Å². The molecule has 0 bridgehead atoms. The van der Waals surface area contributed by atoms with E-state index in [1.54, 1.807) is 7.11 Å². The zero-order valence-electron chi connectivity index (χ0n) is 16.9. The molecule has 1 aliphatic heterocycles. The van der Waals surface area contributed by atoms with Gasteiger partial charge in [0.25, 0.3) is 0 Å². The molecule has 0 saturated heterocycles. The zero-order chi connectivity index (χ0) is 20.3. The molecule has 1 aliphatic carbocycles. The molecule has 0 aromatic heterocycles. The Labute approximate surface area is 166 Å². The van der Waals surface area contributed by atoms with Crippen LogP contribution in [-0.4, -0.2) is 25.1 Å². The number of carbonyl (C=O) groups excluding carboxylic acids is 1. The van der Waals surface area contributed by atoms with E-state index in [4.69, 9.17) is 9.84 Å². The number of ketones is 1. The van der Waals surface area contributed by atoms with Gasteiger partial charge in [0.05, 0.1) is 24.5 Å². The van der Waals surface area contributed by atoms with Crippen LogP contribution in [0, 0.1) is 5.41 Å². The minimum Gasteiger partial charge on any atom is -0.497 e. The second kappa shape index (κ2) is 8.07. The van der Waals surface area contributed by atoms with Crippen LogP contribution in [0.25, 0.3) is 0 Å². The van der Waals surface area contributed by atoms with Gasteiger partial charge >= 0.3 is 0 Å². The predicted molar refractivity (Wildman–Crippen MR) is 113 cm³/mol. The molecule has 0 saturated carbocycles. The smallest absolute Gasteiger partial charge is 0.163 e. The predicted octanol–water partition coefficient (Wildman–Crippen LogP) is 4.53. The minimum atomic E-state index is -0.171. The molecule has 2 aromatic carbocycles. The van der Waals surface area contributed by atoms with Crippen LogP contribution in [0.15, 0.2) is 59.8 Å². The fourth-order valence-electron chi connectivity index (χ4n) is 3.94. The molecule has 0 fully saturated rings. The number of rotatable bonds is 2. The molecule has 1 atom stereocenters. The Balaban J connectivity index is 0.00000109. The Morgan fingerprint density at radius 1 is 1.00 bits per heavy atom. The fourth-order valence-corrected chi connectivity index (χ4v) is 3.94. The Kier molecular flexibility index (Phi) is 5.75. The first kappa shape index (κ1) is 20.0. The Morgan fingerprint density at radius 2 is 1.64 bits per heavy atom. The monoisotopic (exact) mass is 380 g/mol. The summed E-state index contributed by atoms with van der Waals surface area (Å²) in [5, 5.41) is 14.1. The average molecular weight is 380 g/mol. The lowest BCUT2D eigenvalue weighted by atomic mass is 9.73. The molecule has 5 nitrogen and oxygen atoms in total. The number of anilines is 2. The second-order valence-electron chi connectivity index (χ2n) is 7.85. The molecule has 2 aromatic rings. The van der Waals surface area contributed by atoms with Crippen LogP contribution in [0.1, 0.15) is 38.3 Å². The number of allylic oxidation sites excluding steroid dienone is 1. The number of aliphatic hydroxyl groups excluding tert-OH is 1. The zero-order valence-corrected chi connectivity index (χ0v) is 16.9. The lowest BCUT2D eigenvalue weighted by molar-refractivity contribution is -0.118. The van der Waals surface area contributed by atoms with Gasteiger partial charge in [0.15, 0.2) is 5.78 Å². The first-order valence-corrected chi connectivity index (χ1v) is 9.44. The minimum absolute atomic E-state index is 0.0351. The van der Waals surface area contributed by atoms with Crippen LogP contribution in [0.2, 0.25) is 0 Å². The van der Waals surface area contributed by atoms with Crippen LogP contribution >= 0.6 is 0 Å². The van der Waals surface area contributed by atoms with E-state index in [-0.39, 0.29) is 17.2 Å². The highest BCUT2D eigenvalue weighted by atomic mass is 16.5. The van der Waals surface area contributed by atoms with Crippen molar-refractivity contribution < 1.29 is 14.6 Å². The molecule has 28 heavy (non-hydrogen) atoms. The normalized spacial score (nSPS) is 19.8. The van der Waals surface area contributed by atoms with Crippen LogP contribution in [0.5, 0.6) is 5.75 Å². The van der Waals surface area contributed by atoms with Gasteiger partial charge in [-0.2, -0.15) is 0 Å². The number of Topliss-reactive ketones (excluding diaryl/α,β-unsaturated/α-hetero) is 1. The molecule has 4 rings (SSSR count). The SMILES string of the molecule is CO.COc1ccc(C2Nc3ccccc3NC3=C2C(=O)CC(C)(C)C3)cc1. The van der Waals surface area contributed by atoms with Crippen LogP contribution in [0.4, 0.5) is 11.4 Å². The molecular weight excluding hydrogens is 352 g/mol. The van der Waals surface area contributed by atoms with Gasteiger partial charge in [-0.05, 0) is 41.7 Å². The molecule has 3 N–H and O–H groups in total. The van der Waals surface area contributed by atoms with Gasteiger partial charge in [0, 0.05) is 24.8 Å². The van der Waals surface area contributed by atoms with E-state index in [9.17, 15) is 4.79 Å². The van der Waals surface area contributed by atoms with E-state index < -0.39 is 0 Å². The van der Waals surface area contributed by atoms with E-state index in [0.29, 0.717) is 6.42 Å². The van der Waals surface area contributed by atoms with Crippen LogP contribution in [-0.2, 0) is 4.79 Å². The van der Waals surface area contributed by atoms with Gasteiger partial charge in [-0.1, -0.05) is 38.1 Å². The van der Waals surface area contributed by atoms with Crippen molar-refractivity contribution in [2.45, 2.75) is 32.7 Å². The lowest BCUT2D eigenvalue weighted by Gasteiger charge is -2.34. The summed E-state index contributed by atoms with van der Waals surface area (Å²) in [7, 11) is 2.66. The van der Waals surface area contributed by atoms with Crippen molar-refractivity contribution in [2.75, 3.05) is 24.9 Å². The number of carbonyl (C=O) groups is 1. The molecule has 0 amide bonds. The molecule has 0 spiro atoms. The Hall–Kier alpha value is -2.79. The molecule has 1 unspecified atom stereocenters. The maximum Gasteiger partial charge on any atom is 0.163 e. The van der Waals surface area contributed by atoms with Gasteiger partial charge in [-0.3, -0.25) is 4.79 Å². The summed E-state index contributed by atoms with van der Waals surface area (Å²) in [6, 6.07) is 15.9. The van der Waals surface area contributed by atoms with Crippen molar-refractivity contribution in [1.82, 2.24) is 0 Å². The van der Waals surface area contributed by atoms with Crippen molar-refractivity contribution in [3.8, 4) is 5.75 Å². The highest BCUT2D eigenvalue weighted by Gasteiger charge is 2.38. The van der Waals surface area contributed by atoms with Crippen LogP contribution in [0.3, 0.4) is 0 Å². The maximum atomic E-state index is 13.1. The van der Waals surface area contributed by atoms with E-state index in [1.807, 2.05) is 42.5 Å². The van der Waals surface area contributed by atoms with Gasteiger partial charge < -0.3 is 20.5 Å². The number of fused-ring (bicyclic) bond motifs is 1. The first-order chi connectivity index (χ1) is 13.5. The van der Waals surface area contributed by atoms with E-state index in [1.165, 1.54) is 0 Å². The molecule has 148 valence electrons. The third-order valence-corrected chi connectivity index (χ3v) is 5.17. The molecule has 0 radical (unpaired) electrons. The number of ether oxygens (including phenoxy) is 1. The van der Waals surface area contributed by atoms with E-state index >= 15 is 0 Å². The number of hydrogen-bond donors (Lipinski definition) is 3. The summed E-state index contributed by atoms with van der Waals surface area (Å²) in [6.07, 6.45) is 1.43. The highest BCUT2D eigenvalue weighted by molar-refractivity contribution is 6.01. The van der Waals surface area contributed by atoms with E-state index in [0.717, 1.165) is 47.5 Å². The largest absolute Gasteiger partial charge is 0.497 e. The average Bonchev–Trinajstić information content (AvgIpc) is 2.85. The van der Waals surface area contributed by atoms with E-state index in [2.05, 4.69) is 30.5 Å². The highest BCUT2D eigenvalue weighted by Crippen LogP contribution is 2.45. The number of nitrogens with one attached hydrogen (secondary N) is 2. The van der Waals surface area contributed by atoms with Gasteiger partial charge in [0.2, 0.25) is 0 Å². The summed E-state index contributed by atoms with van der Waals surface area (Å²) < 4.78 is 5.28.